The van der Waals surface area contributed by atoms with Crippen molar-refractivity contribution in [3.05, 3.63) is 0 Å². The Hall–Kier alpha value is 0.310. The second-order valence-electron chi connectivity index (χ2n) is 5.64. The van der Waals surface area contributed by atoms with Crippen LogP contribution >= 0.6 is 35.7 Å². The van der Waals surface area contributed by atoms with Crippen molar-refractivity contribution < 1.29 is 4.74 Å². The minimum atomic E-state index is 0. The first-order chi connectivity index (χ1) is 10.3. The van der Waals surface area contributed by atoms with Crippen LogP contribution in [0.15, 0.2) is 4.99 Å². The molecule has 4 nitrogen and oxygen atoms in total. The molecule has 1 heterocycles. The largest absolute Gasteiger partial charge is 0.381 e. The Labute approximate surface area is 158 Å². The highest BCUT2D eigenvalue weighted by Crippen LogP contribution is 2.34. The fourth-order valence-corrected chi connectivity index (χ4v) is 3.89. The average molecular weight is 443 g/mol. The lowest BCUT2D eigenvalue weighted by Gasteiger charge is -2.37. The van der Waals surface area contributed by atoms with E-state index < -0.39 is 0 Å². The number of thioether (sulfide) groups is 1. The molecule has 1 rings (SSSR count). The summed E-state index contributed by atoms with van der Waals surface area (Å²) in [6.45, 7) is 8.24. The summed E-state index contributed by atoms with van der Waals surface area (Å²) in [4.78, 5) is 4.34. The number of nitrogens with zero attached hydrogens (tertiary/aromatic N) is 1. The lowest BCUT2D eigenvalue weighted by molar-refractivity contribution is 0.0782. The summed E-state index contributed by atoms with van der Waals surface area (Å²) in [7, 11) is 1.85. The summed E-state index contributed by atoms with van der Waals surface area (Å²) in [6, 6.07) is 0. The normalized spacial score (nSPS) is 17.7. The number of hydrogen-bond acceptors (Lipinski definition) is 3. The number of nitrogens with one attached hydrogen (secondary N) is 2. The molecule has 1 saturated heterocycles. The van der Waals surface area contributed by atoms with Crippen molar-refractivity contribution in [3.8, 4) is 0 Å². The van der Waals surface area contributed by atoms with Crippen molar-refractivity contribution in [3.63, 3.8) is 0 Å². The number of guanidine groups is 1. The van der Waals surface area contributed by atoms with Gasteiger partial charge in [0.25, 0.3) is 0 Å². The van der Waals surface area contributed by atoms with E-state index in [4.69, 9.17) is 4.74 Å². The van der Waals surface area contributed by atoms with Crippen molar-refractivity contribution in [2.45, 2.75) is 57.1 Å². The van der Waals surface area contributed by atoms with Crippen LogP contribution in [0.4, 0.5) is 0 Å². The summed E-state index contributed by atoms with van der Waals surface area (Å²) in [5.74, 6) is 2.10. The standard InChI is InChI=1S/C16H33N3OS.HI/c1-4-6-7-8-11-18-15(17-3)19-14-16(21-5-2)9-12-20-13-10-16;/h4-14H2,1-3H3,(H2,17,18,19);1H. The molecule has 0 atom stereocenters. The van der Waals surface area contributed by atoms with Crippen LogP contribution in [0.1, 0.15) is 52.4 Å². The predicted molar refractivity (Wildman–Crippen MR) is 110 cm³/mol. The monoisotopic (exact) mass is 443 g/mol. The zero-order valence-electron chi connectivity index (χ0n) is 14.5. The highest BCUT2D eigenvalue weighted by atomic mass is 127. The lowest BCUT2D eigenvalue weighted by Crippen LogP contribution is -2.48. The van der Waals surface area contributed by atoms with Gasteiger partial charge in [-0.25, -0.2) is 0 Å². The Balaban J connectivity index is 0.00000441. The van der Waals surface area contributed by atoms with Gasteiger partial charge in [0.1, 0.15) is 0 Å². The van der Waals surface area contributed by atoms with Gasteiger partial charge in [-0.05, 0) is 25.0 Å². The highest BCUT2D eigenvalue weighted by molar-refractivity contribution is 14.0. The molecule has 0 unspecified atom stereocenters. The lowest BCUT2D eigenvalue weighted by atomic mass is 9.99. The third-order valence-electron chi connectivity index (χ3n) is 3.98. The topological polar surface area (TPSA) is 45.7 Å². The summed E-state index contributed by atoms with van der Waals surface area (Å²) in [5, 5.41) is 6.94. The summed E-state index contributed by atoms with van der Waals surface area (Å²) in [6.07, 6.45) is 7.39. The fourth-order valence-electron chi connectivity index (χ4n) is 2.65. The van der Waals surface area contributed by atoms with Gasteiger partial charge in [-0.3, -0.25) is 4.99 Å². The van der Waals surface area contributed by atoms with Gasteiger partial charge in [0, 0.05) is 38.1 Å². The highest BCUT2D eigenvalue weighted by Gasteiger charge is 2.32. The first-order valence-electron chi connectivity index (χ1n) is 8.42. The van der Waals surface area contributed by atoms with Crippen LogP contribution in [0, 0.1) is 0 Å². The van der Waals surface area contributed by atoms with Crippen LogP contribution in [0.5, 0.6) is 0 Å². The molecule has 1 fully saturated rings. The molecule has 0 amide bonds. The van der Waals surface area contributed by atoms with Gasteiger partial charge >= 0.3 is 0 Å². The maximum atomic E-state index is 5.52. The van der Waals surface area contributed by atoms with E-state index in [0.717, 1.165) is 50.9 Å². The second-order valence-corrected chi connectivity index (χ2v) is 7.37. The maximum Gasteiger partial charge on any atom is 0.191 e. The van der Waals surface area contributed by atoms with E-state index in [1.807, 2.05) is 7.05 Å². The van der Waals surface area contributed by atoms with Gasteiger partial charge in [-0.1, -0.05) is 33.1 Å². The number of aliphatic imine (C=N–C) groups is 1. The molecular formula is C16H34IN3OS. The van der Waals surface area contributed by atoms with E-state index in [1.54, 1.807) is 0 Å². The third-order valence-corrected chi connectivity index (χ3v) is 5.43. The Kier molecular flexibility index (Phi) is 13.9. The SMILES string of the molecule is CCCCCCNC(=NC)NCC1(SCC)CCOCC1.I. The van der Waals surface area contributed by atoms with E-state index in [2.05, 4.69) is 41.2 Å². The molecule has 0 aromatic carbocycles. The predicted octanol–water partition coefficient (Wildman–Crippen LogP) is 3.65. The van der Waals surface area contributed by atoms with E-state index in [1.165, 1.54) is 25.7 Å². The van der Waals surface area contributed by atoms with Gasteiger partial charge in [-0.2, -0.15) is 11.8 Å². The molecule has 0 aliphatic carbocycles. The minimum absolute atomic E-state index is 0. The van der Waals surface area contributed by atoms with Gasteiger partial charge in [0.2, 0.25) is 0 Å². The quantitative estimate of drug-likeness (QED) is 0.247. The number of ether oxygens (including phenoxy) is 1. The molecule has 1 aliphatic heterocycles. The fraction of sp³-hybridized carbons (Fsp3) is 0.938. The smallest absolute Gasteiger partial charge is 0.191 e. The first-order valence-corrected chi connectivity index (χ1v) is 9.41. The molecule has 0 spiro atoms. The van der Waals surface area contributed by atoms with Crippen LogP contribution in [0.3, 0.4) is 0 Å². The first kappa shape index (κ1) is 22.3. The van der Waals surface area contributed by atoms with E-state index in [-0.39, 0.29) is 24.0 Å². The van der Waals surface area contributed by atoms with Crippen molar-refractivity contribution in [2.75, 3.05) is 39.1 Å². The summed E-state index contributed by atoms with van der Waals surface area (Å²) >= 11 is 2.06. The number of hydrogen-bond donors (Lipinski definition) is 2. The Morgan fingerprint density at radius 3 is 2.45 bits per heavy atom. The molecule has 0 aromatic rings. The van der Waals surface area contributed by atoms with Crippen molar-refractivity contribution in [1.29, 1.82) is 0 Å². The molecule has 0 aromatic heterocycles. The van der Waals surface area contributed by atoms with E-state index in [0.29, 0.717) is 4.75 Å². The average Bonchev–Trinajstić information content (AvgIpc) is 2.51. The minimum Gasteiger partial charge on any atom is -0.381 e. The molecule has 0 radical (unpaired) electrons. The van der Waals surface area contributed by atoms with Crippen molar-refractivity contribution in [1.82, 2.24) is 10.6 Å². The molecule has 0 saturated carbocycles. The molecule has 6 heteroatoms. The second kappa shape index (κ2) is 13.7. The van der Waals surface area contributed by atoms with Crippen LogP contribution in [0.25, 0.3) is 0 Å². The Morgan fingerprint density at radius 1 is 1.14 bits per heavy atom. The van der Waals surface area contributed by atoms with Gasteiger partial charge < -0.3 is 15.4 Å². The van der Waals surface area contributed by atoms with Crippen LogP contribution < -0.4 is 10.6 Å². The van der Waals surface area contributed by atoms with Crippen molar-refractivity contribution >= 4 is 41.7 Å². The molecule has 132 valence electrons. The van der Waals surface area contributed by atoms with Gasteiger partial charge in [0.05, 0.1) is 0 Å². The third kappa shape index (κ3) is 8.82. The van der Waals surface area contributed by atoms with Gasteiger partial charge in [-0.15, -0.1) is 24.0 Å². The Morgan fingerprint density at radius 2 is 1.86 bits per heavy atom. The van der Waals surface area contributed by atoms with Crippen LogP contribution in [0.2, 0.25) is 0 Å². The van der Waals surface area contributed by atoms with Crippen LogP contribution in [-0.2, 0) is 4.74 Å². The van der Waals surface area contributed by atoms with E-state index in [9.17, 15) is 0 Å². The van der Waals surface area contributed by atoms with Crippen molar-refractivity contribution in [2.24, 2.45) is 4.99 Å². The molecule has 2 N–H and O–H groups in total. The van der Waals surface area contributed by atoms with Crippen LogP contribution in [-0.4, -0.2) is 49.8 Å². The molecule has 22 heavy (non-hydrogen) atoms. The molecular weight excluding hydrogens is 409 g/mol. The summed E-state index contributed by atoms with van der Waals surface area (Å²) in [5.41, 5.74) is 0. The zero-order chi connectivity index (χ0) is 15.4. The Bertz CT molecular complexity index is 292. The molecule has 1 aliphatic rings. The number of rotatable bonds is 9. The number of unbranched alkanes of at least 4 members (excludes halogenated alkanes) is 3. The maximum absolute atomic E-state index is 5.52. The number of halogens is 1. The summed E-state index contributed by atoms with van der Waals surface area (Å²) < 4.78 is 5.83. The zero-order valence-corrected chi connectivity index (χ0v) is 17.6. The van der Waals surface area contributed by atoms with Gasteiger partial charge in [0.15, 0.2) is 5.96 Å². The van der Waals surface area contributed by atoms with E-state index >= 15 is 0 Å². The molecule has 0 bridgehead atoms.